The van der Waals surface area contributed by atoms with E-state index in [1.807, 2.05) is 30.0 Å². The van der Waals surface area contributed by atoms with E-state index in [1.54, 1.807) is 23.1 Å². The molecule has 9 nitrogen and oxygen atoms in total. The molecule has 0 unspecified atom stereocenters. The number of aromatic nitrogens is 5. The highest BCUT2D eigenvalue weighted by Crippen LogP contribution is 2.21. The zero-order valence-electron chi connectivity index (χ0n) is 15.5. The molecule has 146 valence electrons. The second-order valence-electron chi connectivity index (χ2n) is 6.46. The quantitative estimate of drug-likeness (QED) is 0.634. The Kier molecular flexibility index (Phi) is 5.05. The van der Waals surface area contributed by atoms with Gasteiger partial charge in [0.15, 0.2) is 5.82 Å². The number of anilines is 1. The fourth-order valence-corrected chi connectivity index (χ4v) is 4.59. The van der Waals surface area contributed by atoms with Crippen molar-refractivity contribution in [2.45, 2.75) is 18.2 Å². The summed E-state index contributed by atoms with van der Waals surface area (Å²) in [5.74, 6) is 1.36. The van der Waals surface area contributed by atoms with E-state index in [-0.39, 0.29) is 0 Å². The average Bonchev–Trinajstić information content (AvgIpc) is 3.29. The minimum absolute atomic E-state index is 0.341. The van der Waals surface area contributed by atoms with Gasteiger partial charge in [0.05, 0.1) is 4.90 Å². The number of aryl methyl sites for hydroxylation is 1. The maximum atomic E-state index is 12.9. The number of benzene rings is 1. The van der Waals surface area contributed by atoms with Crippen molar-refractivity contribution in [1.29, 1.82) is 0 Å². The minimum atomic E-state index is -3.48. The van der Waals surface area contributed by atoms with Gasteiger partial charge in [-0.2, -0.15) is 9.40 Å². The highest BCUT2D eigenvalue weighted by Gasteiger charge is 2.29. The lowest BCUT2D eigenvalue weighted by Gasteiger charge is -2.34. The Morgan fingerprint density at radius 2 is 1.68 bits per heavy atom. The third kappa shape index (κ3) is 3.60. The number of hydrogen-bond acceptors (Lipinski definition) is 7. The maximum absolute atomic E-state index is 12.9. The Morgan fingerprint density at radius 1 is 0.964 bits per heavy atom. The van der Waals surface area contributed by atoms with Gasteiger partial charge in [-0.15, -0.1) is 0 Å². The van der Waals surface area contributed by atoms with E-state index in [9.17, 15) is 8.42 Å². The zero-order valence-corrected chi connectivity index (χ0v) is 16.3. The van der Waals surface area contributed by atoms with Crippen molar-refractivity contribution < 1.29 is 8.42 Å². The van der Waals surface area contributed by atoms with Crippen molar-refractivity contribution in [2.75, 3.05) is 31.1 Å². The lowest BCUT2D eigenvalue weighted by molar-refractivity contribution is 0.383. The monoisotopic (exact) mass is 399 g/mol. The molecule has 0 N–H and O–H groups in total. The molecule has 2 aromatic heterocycles. The Balaban J connectivity index is 1.46. The van der Waals surface area contributed by atoms with Crippen LogP contribution in [0.4, 0.5) is 5.82 Å². The van der Waals surface area contributed by atoms with E-state index in [0.717, 1.165) is 17.8 Å². The molecule has 1 aliphatic rings. The standard InChI is InChI=1S/C18H21N7O2S/c1-2-15-3-5-16(6-4-15)28(26,27)24-9-7-23(8-10-24)17-11-18(21-13-20-17)25-14-19-12-22-25/h3-6,11-14H,2,7-10H2,1H3. The van der Waals surface area contributed by atoms with Gasteiger partial charge < -0.3 is 4.90 Å². The second-order valence-corrected chi connectivity index (χ2v) is 8.40. The zero-order chi connectivity index (χ0) is 19.6. The smallest absolute Gasteiger partial charge is 0.243 e. The van der Waals surface area contributed by atoms with Crippen LogP contribution in [0.1, 0.15) is 12.5 Å². The fraction of sp³-hybridized carbons (Fsp3) is 0.333. The second kappa shape index (κ2) is 7.64. The van der Waals surface area contributed by atoms with Crippen molar-refractivity contribution in [1.82, 2.24) is 29.0 Å². The van der Waals surface area contributed by atoms with E-state index in [2.05, 4.69) is 20.1 Å². The highest BCUT2D eigenvalue weighted by molar-refractivity contribution is 7.89. The molecule has 4 rings (SSSR count). The molecule has 10 heteroatoms. The largest absolute Gasteiger partial charge is 0.354 e. The highest BCUT2D eigenvalue weighted by atomic mass is 32.2. The van der Waals surface area contributed by atoms with Crippen LogP contribution in [0.5, 0.6) is 0 Å². The first-order chi connectivity index (χ1) is 13.6. The van der Waals surface area contributed by atoms with Gasteiger partial charge in [-0.05, 0) is 24.1 Å². The van der Waals surface area contributed by atoms with Crippen LogP contribution >= 0.6 is 0 Å². The number of sulfonamides is 1. The molecule has 0 bridgehead atoms. The summed E-state index contributed by atoms with van der Waals surface area (Å²) in [7, 11) is -3.48. The first kappa shape index (κ1) is 18.5. The maximum Gasteiger partial charge on any atom is 0.243 e. The molecule has 0 radical (unpaired) electrons. The summed E-state index contributed by atoms with van der Waals surface area (Å²) in [4.78, 5) is 14.8. The molecule has 0 atom stereocenters. The lowest BCUT2D eigenvalue weighted by atomic mass is 10.2. The molecule has 1 saturated heterocycles. The van der Waals surface area contributed by atoms with Crippen LogP contribution in [0.3, 0.4) is 0 Å². The molecule has 0 saturated carbocycles. The number of piperazine rings is 1. The van der Waals surface area contributed by atoms with E-state index >= 15 is 0 Å². The van der Waals surface area contributed by atoms with E-state index in [0.29, 0.717) is 36.9 Å². The Morgan fingerprint density at radius 3 is 2.32 bits per heavy atom. The summed E-state index contributed by atoms with van der Waals surface area (Å²) >= 11 is 0. The van der Waals surface area contributed by atoms with E-state index in [4.69, 9.17) is 0 Å². The van der Waals surface area contributed by atoms with Gasteiger partial charge in [0.2, 0.25) is 10.0 Å². The normalized spacial score (nSPS) is 15.7. The molecule has 1 fully saturated rings. The topological polar surface area (TPSA) is 97.1 Å². The summed E-state index contributed by atoms with van der Waals surface area (Å²) in [5.41, 5.74) is 1.12. The summed E-state index contributed by atoms with van der Waals surface area (Å²) in [6, 6.07) is 8.94. The van der Waals surface area contributed by atoms with Crippen LogP contribution < -0.4 is 4.90 Å². The van der Waals surface area contributed by atoms with Crippen LogP contribution in [0, 0.1) is 0 Å². The number of rotatable bonds is 5. The van der Waals surface area contributed by atoms with Crippen molar-refractivity contribution in [3.05, 3.63) is 54.9 Å². The number of nitrogens with zero attached hydrogens (tertiary/aromatic N) is 7. The predicted molar refractivity (Wildman–Crippen MR) is 104 cm³/mol. The fourth-order valence-electron chi connectivity index (χ4n) is 3.17. The Bertz CT molecular complexity index is 1030. The van der Waals surface area contributed by atoms with Crippen LogP contribution in [-0.2, 0) is 16.4 Å². The first-order valence-electron chi connectivity index (χ1n) is 9.09. The van der Waals surface area contributed by atoms with Crippen LogP contribution in [0.15, 0.2) is 54.2 Å². The molecule has 3 aromatic rings. The van der Waals surface area contributed by atoms with Gasteiger partial charge >= 0.3 is 0 Å². The predicted octanol–water partition coefficient (Wildman–Crippen LogP) is 1.13. The van der Waals surface area contributed by atoms with Gasteiger partial charge in [-0.1, -0.05) is 19.1 Å². The Labute approximate surface area is 163 Å². The van der Waals surface area contributed by atoms with Crippen LogP contribution in [0.25, 0.3) is 5.82 Å². The molecule has 1 aliphatic heterocycles. The molecular weight excluding hydrogens is 378 g/mol. The van der Waals surface area contributed by atoms with Crippen LogP contribution in [0.2, 0.25) is 0 Å². The molecule has 0 spiro atoms. The van der Waals surface area contributed by atoms with Gasteiger partial charge in [-0.3, -0.25) is 0 Å². The molecule has 28 heavy (non-hydrogen) atoms. The van der Waals surface area contributed by atoms with Crippen molar-refractivity contribution in [3.63, 3.8) is 0 Å². The summed E-state index contributed by atoms with van der Waals surface area (Å²) in [6.45, 7) is 3.96. The lowest BCUT2D eigenvalue weighted by Crippen LogP contribution is -2.48. The third-order valence-corrected chi connectivity index (χ3v) is 6.74. The summed E-state index contributed by atoms with van der Waals surface area (Å²) < 4.78 is 28.9. The Hall–Kier alpha value is -2.85. The summed E-state index contributed by atoms with van der Waals surface area (Å²) in [6.07, 6.45) is 5.37. The van der Waals surface area contributed by atoms with Crippen molar-refractivity contribution in [2.24, 2.45) is 0 Å². The molecule has 0 amide bonds. The minimum Gasteiger partial charge on any atom is -0.354 e. The van der Waals surface area contributed by atoms with Gasteiger partial charge in [0.25, 0.3) is 0 Å². The van der Waals surface area contributed by atoms with Crippen molar-refractivity contribution >= 4 is 15.8 Å². The van der Waals surface area contributed by atoms with Gasteiger partial charge in [-0.25, -0.2) is 28.1 Å². The molecule has 3 heterocycles. The number of hydrogen-bond donors (Lipinski definition) is 0. The first-order valence-corrected chi connectivity index (χ1v) is 10.5. The average molecular weight is 399 g/mol. The van der Waals surface area contributed by atoms with E-state index in [1.165, 1.54) is 17.0 Å². The van der Waals surface area contributed by atoms with Crippen LogP contribution in [-0.4, -0.2) is 63.6 Å². The SMILES string of the molecule is CCc1ccc(S(=O)(=O)N2CCN(c3cc(-n4cncn4)ncn3)CC2)cc1. The van der Waals surface area contributed by atoms with E-state index < -0.39 is 10.0 Å². The van der Waals surface area contributed by atoms with Gasteiger partial charge in [0.1, 0.15) is 24.8 Å². The molecule has 1 aromatic carbocycles. The summed E-state index contributed by atoms with van der Waals surface area (Å²) in [5, 5.41) is 4.07. The molecular formula is C18H21N7O2S. The third-order valence-electron chi connectivity index (χ3n) is 4.82. The molecule has 0 aliphatic carbocycles. The van der Waals surface area contributed by atoms with Gasteiger partial charge in [0, 0.05) is 32.2 Å². The van der Waals surface area contributed by atoms with Crippen molar-refractivity contribution in [3.8, 4) is 5.82 Å².